The van der Waals surface area contributed by atoms with Gasteiger partial charge in [0.1, 0.15) is 5.75 Å². The van der Waals surface area contributed by atoms with E-state index < -0.39 is 6.10 Å². The highest BCUT2D eigenvalue weighted by molar-refractivity contribution is 6.06. The van der Waals surface area contributed by atoms with Crippen LogP contribution in [0.1, 0.15) is 18.1 Å². The van der Waals surface area contributed by atoms with Gasteiger partial charge in [-0.15, -0.1) is 0 Å². The normalized spacial score (nSPS) is 12.0. The maximum absolute atomic E-state index is 11.3. The van der Waals surface area contributed by atoms with E-state index in [0.29, 0.717) is 19.7 Å². The summed E-state index contributed by atoms with van der Waals surface area (Å²) in [5, 5.41) is 15.9. The monoisotopic (exact) mass is 490 g/mol. The fraction of sp³-hybridized carbons (Fsp3) is 0.212. The van der Waals surface area contributed by atoms with E-state index in [0.717, 1.165) is 22.7 Å². The zero-order chi connectivity index (χ0) is 25.8. The van der Waals surface area contributed by atoms with Crippen LogP contribution in [0.4, 0.5) is 5.69 Å². The van der Waals surface area contributed by atoms with E-state index in [9.17, 15) is 5.11 Å². The molecule has 0 saturated heterocycles. The Labute approximate surface area is 219 Å². The molecule has 4 aromatic carbocycles. The van der Waals surface area contributed by atoms with E-state index in [1.165, 1.54) is 33.2 Å². The number of rotatable bonds is 9. The third-order valence-corrected chi connectivity index (χ3v) is 6.70. The van der Waals surface area contributed by atoms with Crippen molar-refractivity contribution < 1.29 is 9.84 Å². The van der Waals surface area contributed by atoms with Crippen molar-refractivity contribution in [3.63, 3.8) is 0 Å². The Morgan fingerprint density at radius 3 is 2.14 bits per heavy atom. The standard InChI is InChI=1S/C33H34N2O2/c1-4-37-29-17-15-27(16-18-29)34-21-28(36)22-35-32-24(3)19-23(2)20-30(32)31(25-11-7-5-8-12-25)33(35)26-13-9-6-10-14-26/h5-20,28,34,36H,4,21-22H2,1-3H3/t28-/m0/s1. The summed E-state index contributed by atoms with van der Waals surface area (Å²) in [6.45, 7) is 7.85. The fourth-order valence-electron chi connectivity index (χ4n) is 5.21. The van der Waals surface area contributed by atoms with Crippen LogP contribution in [0.25, 0.3) is 33.3 Å². The molecule has 5 aromatic rings. The van der Waals surface area contributed by atoms with Crippen LogP contribution in [0.5, 0.6) is 5.75 Å². The molecule has 1 atom stereocenters. The Morgan fingerprint density at radius 2 is 1.49 bits per heavy atom. The molecule has 0 spiro atoms. The van der Waals surface area contributed by atoms with Crippen molar-refractivity contribution in [1.29, 1.82) is 0 Å². The lowest BCUT2D eigenvalue weighted by Gasteiger charge is -2.19. The average molecular weight is 491 g/mol. The first-order chi connectivity index (χ1) is 18.0. The first-order valence-corrected chi connectivity index (χ1v) is 12.9. The highest BCUT2D eigenvalue weighted by atomic mass is 16.5. The fourth-order valence-corrected chi connectivity index (χ4v) is 5.21. The van der Waals surface area contributed by atoms with E-state index in [-0.39, 0.29) is 0 Å². The Balaban J connectivity index is 1.56. The average Bonchev–Trinajstić information content (AvgIpc) is 3.23. The molecule has 0 amide bonds. The number of nitrogens with one attached hydrogen (secondary N) is 1. The summed E-state index contributed by atoms with van der Waals surface area (Å²) in [6.07, 6.45) is -0.589. The highest BCUT2D eigenvalue weighted by Gasteiger charge is 2.23. The van der Waals surface area contributed by atoms with Gasteiger partial charge in [0.15, 0.2) is 0 Å². The minimum absolute atomic E-state index is 0.438. The van der Waals surface area contributed by atoms with E-state index in [1.54, 1.807) is 0 Å². The molecule has 1 heterocycles. The summed E-state index contributed by atoms with van der Waals surface area (Å²) in [5.74, 6) is 0.846. The van der Waals surface area contributed by atoms with Crippen molar-refractivity contribution in [3.8, 4) is 28.1 Å². The lowest BCUT2D eigenvalue weighted by molar-refractivity contribution is 0.169. The molecule has 5 rings (SSSR count). The Hall–Kier alpha value is -4.02. The molecule has 1 aromatic heterocycles. The van der Waals surface area contributed by atoms with Crippen LogP contribution < -0.4 is 10.1 Å². The van der Waals surface area contributed by atoms with Gasteiger partial charge in [-0.25, -0.2) is 0 Å². The van der Waals surface area contributed by atoms with Crippen LogP contribution >= 0.6 is 0 Å². The molecule has 0 unspecified atom stereocenters. The van der Waals surface area contributed by atoms with Gasteiger partial charge >= 0.3 is 0 Å². The van der Waals surface area contributed by atoms with Crippen LogP contribution in [0.15, 0.2) is 97.1 Å². The maximum atomic E-state index is 11.3. The second kappa shape index (κ2) is 10.9. The third-order valence-electron chi connectivity index (χ3n) is 6.70. The van der Waals surface area contributed by atoms with Gasteiger partial charge in [-0.05, 0) is 67.8 Å². The Kier molecular flexibility index (Phi) is 7.29. The summed E-state index contributed by atoms with van der Waals surface area (Å²) >= 11 is 0. The maximum Gasteiger partial charge on any atom is 0.119 e. The predicted octanol–water partition coefficient (Wildman–Crippen LogP) is 7.46. The molecular formula is C33H34N2O2. The van der Waals surface area contributed by atoms with E-state index in [4.69, 9.17) is 4.74 Å². The number of fused-ring (bicyclic) bond motifs is 1. The number of aliphatic hydroxyl groups excluding tert-OH is 1. The number of anilines is 1. The van der Waals surface area contributed by atoms with Crippen LogP contribution in [0.3, 0.4) is 0 Å². The molecular weight excluding hydrogens is 456 g/mol. The first kappa shape index (κ1) is 24.7. The van der Waals surface area contributed by atoms with Gasteiger partial charge in [0, 0.05) is 23.2 Å². The van der Waals surface area contributed by atoms with Crippen LogP contribution in [0.2, 0.25) is 0 Å². The van der Waals surface area contributed by atoms with Crippen molar-refractivity contribution in [2.75, 3.05) is 18.5 Å². The van der Waals surface area contributed by atoms with Gasteiger partial charge in [0.25, 0.3) is 0 Å². The molecule has 0 aliphatic heterocycles. The highest BCUT2D eigenvalue weighted by Crippen LogP contribution is 2.42. The van der Waals surface area contributed by atoms with Gasteiger partial charge in [-0.1, -0.05) is 72.3 Å². The molecule has 0 aliphatic carbocycles. The smallest absolute Gasteiger partial charge is 0.119 e. The molecule has 37 heavy (non-hydrogen) atoms. The minimum Gasteiger partial charge on any atom is -0.494 e. The van der Waals surface area contributed by atoms with Crippen molar-refractivity contribution in [3.05, 3.63) is 108 Å². The Bertz CT molecular complexity index is 1470. The number of aliphatic hydroxyl groups is 1. The summed E-state index contributed by atoms with van der Waals surface area (Å²) in [6, 6.07) is 33.5. The molecule has 0 bridgehead atoms. The van der Waals surface area contributed by atoms with Crippen LogP contribution in [-0.2, 0) is 6.54 Å². The van der Waals surface area contributed by atoms with Crippen molar-refractivity contribution in [2.24, 2.45) is 0 Å². The number of hydrogen-bond acceptors (Lipinski definition) is 3. The lowest BCUT2D eigenvalue weighted by Crippen LogP contribution is -2.25. The zero-order valence-electron chi connectivity index (χ0n) is 21.7. The molecule has 4 heteroatoms. The molecule has 0 radical (unpaired) electrons. The van der Waals surface area contributed by atoms with Gasteiger partial charge in [-0.3, -0.25) is 0 Å². The quantitative estimate of drug-likeness (QED) is 0.225. The minimum atomic E-state index is -0.589. The second-order valence-electron chi connectivity index (χ2n) is 9.54. The molecule has 188 valence electrons. The number of hydrogen-bond donors (Lipinski definition) is 2. The largest absolute Gasteiger partial charge is 0.494 e. The number of nitrogens with zero attached hydrogens (tertiary/aromatic N) is 1. The number of benzene rings is 4. The van der Waals surface area contributed by atoms with E-state index >= 15 is 0 Å². The Morgan fingerprint density at radius 1 is 0.838 bits per heavy atom. The number of ether oxygens (including phenoxy) is 1. The summed E-state index contributed by atoms with van der Waals surface area (Å²) < 4.78 is 7.85. The second-order valence-corrected chi connectivity index (χ2v) is 9.54. The van der Waals surface area contributed by atoms with Gasteiger partial charge in [-0.2, -0.15) is 0 Å². The molecule has 0 fully saturated rings. The molecule has 4 nitrogen and oxygen atoms in total. The third kappa shape index (κ3) is 5.25. The van der Waals surface area contributed by atoms with Gasteiger partial charge in [0.2, 0.25) is 0 Å². The SMILES string of the molecule is CCOc1ccc(NC[C@H](O)Cn2c(-c3ccccc3)c(-c3ccccc3)c3cc(C)cc(C)c32)cc1. The topological polar surface area (TPSA) is 46.4 Å². The first-order valence-electron chi connectivity index (χ1n) is 12.9. The molecule has 0 saturated carbocycles. The summed E-state index contributed by atoms with van der Waals surface area (Å²) in [7, 11) is 0. The zero-order valence-corrected chi connectivity index (χ0v) is 21.7. The van der Waals surface area contributed by atoms with Gasteiger partial charge in [0.05, 0.1) is 30.5 Å². The number of aryl methyl sites for hydroxylation is 2. The summed E-state index contributed by atoms with van der Waals surface area (Å²) in [4.78, 5) is 0. The number of aromatic nitrogens is 1. The van der Waals surface area contributed by atoms with E-state index in [2.05, 4.69) is 90.5 Å². The molecule has 2 N–H and O–H groups in total. The summed E-state index contributed by atoms with van der Waals surface area (Å²) in [5.41, 5.74) is 9.23. The van der Waals surface area contributed by atoms with Crippen molar-refractivity contribution in [2.45, 2.75) is 33.4 Å². The van der Waals surface area contributed by atoms with Crippen molar-refractivity contribution >= 4 is 16.6 Å². The molecule has 0 aliphatic rings. The van der Waals surface area contributed by atoms with Crippen molar-refractivity contribution in [1.82, 2.24) is 4.57 Å². The lowest BCUT2D eigenvalue weighted by atomic mass is 9.97. The van der Waals surface area contributed by atoms with Crippen LogP contribution in [-0.4, -0.2) is 28.9 Å². The van der Waals surface area contributed by atoms with Crippen LogP contribution in [0, 0.1) is 13.8 Å². The predicted molar refractivity (Wildman–Crippen MR) is 154 cm³/mol. The van der Waals surface area contributed by atoms with E-state index in [1.807, 2.05) is 37.3 Å². The van der Waals surface area contributed by atoms with Gasteiger partial charge < -0.3 is 19.7 Å².